The van der Waals surface area contributed by atoms with Crippen molar-refractivity contribution in [3.63, 3.8) is 0 Å². The first kappa shape index (κ1) is 17.0. The molecular formula is C19H14FN5O. The number of amides is 1. The minimum absolute atomic E-state index is 0.0511. The molecule has 1 aromatic heterocycles. The molecule has 0 saturated heterocycles. The fourth-order valence-electron chi connectivity index (χ4n) is 2.29. The lowest BCUT2D eigenvalue weighted by atomic mass is 10.2. The number of nitriles is 1. The highest BCUT2D eigenvalue weighted by molar-refractivity contribution is 5.93. The summed E-state index contributed by atoms with van der Waals surface area (Å²) in [4.78, 5) is 20.2. The van der Waals surface area contributed by atoms with Gasteiger partial charge in [-0.05, 0) is 18.2 Å². The molecule has 2 N–H and O–H groups in total. The van der Waals surface area contributed by atoms with Crippen LogP contribution in [-0.4, -0.2) is 15.9 Å². The number of carbonyl (C=O) groups excluding carboxylic acids is 1. The first-order chi connectivity index (χ1) is 12.7. The van der Waals surface area contributed by atoms with Gasteiger partial charge in [0, 0.05) is 18.2 Å². The zero-order chi connectivity index (χ0) is 18.4. The van der Waals surface area contributed by atoms with Gasteiger partial charge in [0.25, 0.3) is 5.91 Å². The molecule has 0 saturated carbocycles. The zero-order valence-electron chi connectivity index (χ0n) is 13.6. The summed E-state index contributed by atoms with van der Waals surface area (Å²) in [6.07, 6.45) is 1.25. The summed E-state index contributed by atoms with van der Waals surface area (Å²) in [5, 5.41) is 14.7. The maximum atomic E-state index is 13.6. The Kier molecular flexibility index (Phi) is 5.15. The SMILES string of the molecule is N#Cc1ccccc1Nc1cc(C(=O)NCc2ccccc2F)ncn1. The van der Waals surface area contributed by atoms with E-state index in [9.17, 15) is 9.18 Å². The third kappa shape index (κ3) is 3.99. The van der Waals surface area contributed by atoms with E-state index < -0.39 is 5.91 Å². The summed E-state index contributed by atoms with van der Waals surface area (Å²) < 4.78 is 13.6. The smallest absolute Gasteiger partial charge is 0.270 e. The van der Waals surface area contributed by atoms with Gasteiger partial charge in [0.1, 0.15) is 29.7 Å². The van der Waals surface area contributed by atoms with Gasteiger partial charge in [0.05, 0.1) is 11.3 Å². The average Bonchev–Trinajstić information content (AvgIpc) is 2.68. The maximum absolute atomic E-state index is 13.6. The highest BCUT2D eigenvalue weighted by atomic mass is 19.1. The summed E-state index contributed by atoms with van der Waals surface area (Å²) in [6.45, 7) is 0.0511. The van der Waals surface area contributed by atoms with Crippen molar-refractivity contribution in [1.29, 1.82) is 5.26 Å². The summed E-state index contributed by atoms with van der Waals surface area (Å²) in [5.41, 5.74) is 1.55. The molecule has 1 heterocycles. The lowest BCUT2D eigenvalue weighted by Gasteiger charge is -2.09. The molecule has 0 radical (unpaired) electrons. The lowest BCUT2D eigenvalue weighted by Crippen LogP contribution is -2.24. The quantitative estimate of drug-likeness (QED) is 0.740. The van der Waals surface area contributed by atoms with E-state index in [4.69, 9.17) is 5.26 Å². The molecule has 0 bridgehead atoms. The van der Waals surface area contributed by atoms with Crippen LogP contribution < -0.4 is 10.6 Å². The maximum Gasteiger partial charge on any atom is 0.270 e. The molecule has 0 aliphatic rings. The van der Waals surface area contributed by atoms with Gasteiger partial charge in [0.15, 0.2) is 0 Å². The first-order valence-electron chi connectivity index (χ1n) is 7.77. The van der Waals surface area contributed by atoms with E-state index in [1.165, 1.54) is 18.5 Å². The van der Waals surface area contributed by atoms with Gasteiger partial charge < -0.3 is 10.6 Å². The second-order valence-electron chi connectivity index (χ2n) is 5.34. The third-order valence-corrected chi connectivity index (χ3v) is 3.61. The Balaban J connectivity index is 1.71. The van der Waals surface area contributed by atoms with Crippen molar-refractivity contribution in [2.75, 3.05) is 5.32 Å². The number of anilines is 2. The number of nitrogens with one attached hydrogen (secondary N) is 2. The molecule has 0 aliphatic carbocycles. The van der Waals surface area contributed by atoms with Crippen molar-refractivity contribution in [1.82, 2.24) is 15.3 Å². The van der Waals surface area contributed by atoms with Crippen LogP contribution in [-0.2, 0) is 6.54 Å². The van der Waals surface area contributed by atoms with Crippen LogP contribution >= 0.6 is 0 Å². The van der Waals surface area contributed by atoms with Crippen LogP contribution in [0.3, 0.4) is 0 Å². The minimum atomic E-state index is -0.452. The number of aromatic nitrogens is 2. The lowest BCUT2D eigenvalue weighted by molar-refractivity contribution is 0.0945. The Hall–Kier alpha value is -3.79. The molecule has 0 unspecified atom stereocenters. The Morgan fingerprint density at radius 1 is 1.12 bits per heavy atom. The second kappa shape index (κ2) is 7.85. The Morgan fingerprint density at radius 3 is 2.69 bits per heavy atom. The molecule has 0 spiro atoms. The van der Waals surface area contributed by atoms with Crippen LogP contribution in [0.1, 0.15) is 21.6 Å². The third-order valence-electron chi connectivity index (χ3n) is 3.61. The van der Waals surface area contributed by atoms with E-state index in [1.54, 1.807) is 42.5 Å². The van der Waals surface area contributed by atoms with Crippen molar-refractivity contribution in [2.45, 2.75) is 6.54 Å². The number of hydrogen-bond acceptors (Lipinski definition) is 5. The highest BCUT2D eigenvalue weighted by Gasteiger charge is 2.11. The number of hydrogen-bond donors (Lipinski definition) is 2. The zero-order valence-corrected chi connectivity index (χ0v) is 13.6. The van der Waals surface area contributed by atoms with E-state index in [0.717, 1.165) is 0 Å². The predicted molar refractivity (Wildman–Crippen MR) is 94.0 cm³/mol. The van der Waals surface area contributed by atoms with Gasteiger partial charge in [-0.15, -0.1) is 0 Å². The van der Waals surface area contributed by atoms with Crippen molar-refractivity contribution >= 4 is 17.4 Å². The van der Waals surface area contributed by atoms with Crippen molar-refractivity contribution in [3.8, 4) is 6.07 Å². The van der Waals surface area contributed by atoms with Crippen LogP contribution in [0, 0.1) is 17.1 Å². The van der Waals surface area contributed by atoms with Crippen molar-refractivity contribution in [3.05, 3.63) is 83.6 Å². The summed E-state index contributed by atoms with van der Waals surface area (Å²) >= 11 is 0. The van der Waals surface area contributed by atoms with Crippen LogP contribution in [0.5, 0.6) is 0 Å². The predicted octanol–water partition coefficient (Wildman–Crippen LogP) is 3.16. The summed E-state index contributed by atoms with van der Waals surface area (Å²) in [6, 6.07) is 16.7. The first-order valence-corrected chi connectivity index (χ1v) is 7.77. The van der Waals surface area contributed by atoms with Crippen LogP contribution in [0.2, 0.25) is 0 Å². The largest absolute Gasteiger partial charge is 0.347 e. The number of nitrogens with zero attached hydrogens (tertiary/aromatic N) is 3. The number of carbonyl (C=O) groups is 1. The van der Waals surface area contributed by atoms with Crippen LogP contribution in [0.25, 0.3) is 0 Å². The molecule has 0 atom stereocenters. The summed E-state index contributed by atoms with van der Waals surface area (Å²) in [5.74, 6) is -0.461. The van der Waals surface area contributed by atoms with E-state index in [-0.39, 0.29) is 18.1 Å². The standard InChI is InChI=1S/C19H14FN5O/c20-15-7-3-1-6-14(15)11-22-19(26)17-9-18(24-12-23-17)25-16-8-4-2-5-13(16)10-21/h1-9,12H,11H2,(H,22,26)(H,23,24,25). The van der Waals surface area contributed by atoms with Gasteiger partial charge in [-0.3, -0.25) is 4.79 Å². The van der Waals surface area contributed by atoms with Gasteiger partial charge in [-0.25, -0.2) is 14.4 Å². The van der Waals surface area contributed by atoms with Gasteiger partial charge in [-0.2, -0.15) is 5.26 Å². The fraction of sp³-hybridized carbons (Fsp3) is 0.0526. The Bertz CT molecular complexity index is 983. The Morgan fingerprint density at radius 2 is 1.88 bits per heavy atom. The molecule has 0 fully saturated rings. The van der Waals surface area contributed by atoms with E-state index >= 15 is 0 Å². The van der Waals surface area contributed by atoms with Crippen LogP contribution in [0.4, 0.5) is 15.9 Å². The van der Waals surface area contributed by atoms with Gasteiger partial charge in [0.2, 0.25) is 0 Å². The van der Waals surface area contributed by atoms with Crippen molar-refractivity contribution < 1.29 is 9.18 Å². The van der Waals surface area contributed by atoms with Crippen molar-refractivity contribution in [2.24, 2.45) is 0 Å². The van der Waals surface area contributed by atoms with E-state index in [0.29, 0.717) is 22.6 Å². The molecule has 7 heteroatoms. The molecular weight excluding hydrogens is 333 g/mol. The second-order valence-corrected chi connectivity index (χ2v) is 5.34. The fourth-order valence-corrected chi connectivity index (χ4v) is 2.29. The normalized spacial score (nSPS) is 10.0. The van der Waals surface area contributed by atoms with Gasteiger partial charge in [-0.1, -0.05) is 30.3 Å². The Labute approximate surface area is 149 Å². The molecule has 26 heavy (non-hydrogen) atoms. The van der Waals surface area contributed by atoms with Crippen LogP contribution in [0.15, 0.2) is 60.9 Å². The number of para-hydroxylation sites is 1. The molecule has 6 nitrogen and oxygen atoms in total. The monoisotopic (exact) mass is 347 g/mol. The highest BCUT2D eigenvalue weighted by Crippen LogP contribution is 2.18. The number of rotatable bonds is 5. The topological polar surface area (TPSA) is 90.7 Å². The molecule has 2 aromatic carbocycles. The molecule has 0 aliphatic heterocycles. The molecule has 1 amide bonds. The van der Waals surface area contributed by atoms with Gasteiger partial charge >= 0.3 is 0 Å². The molecule has 128 valence electrons. The summed E-state index contributed by atoms with van der Waals surface area (Å²) in [7, 11) is 0. The molecule has 3 rings (SSSR count). The number of halogens is 1. The average molecular weight is 347 g/mol. The van der Waals surface area contributed by atoms with E-state index in [2.05, 4.69) is 26.7 Å². The van der Waals surface area contributed by atoms with E-state index in [1.807, 2.05) is 0 Å². The number of benzene rings is 2. The minimum Gasteiger partial charge on any atom is -0.347 e. The molecule has 3 aromatic rings.